The standard InChI is InChI=1S/C53H53N2/c1-9-21-44-40(6)30-32-46-50(44)52(34-10-2,36-42-25-17-15-22-38(42)4)48(54(46)7)28-13-12-14-29-49-53(35-11-3,37-43-26-18-16-23-39(43)5)51-45-27-20-19-24-41(45)31-33-47(51)55(49)8/h9-33H,1-3,6,34-37H2,4-5,7-8H3/q+1/b44-21+. The van der Waals surface area contributed by atoms with Crippen molar-refractivity contribution in [2.45, 2.75) is 50.4 Å². The van der Waals surface area contributed by atoms with E-state index in [1.165, 1.54) is 66.9 Å². The second-order valence-corrected chi connectivity index (χ2v) is 15.3. The summed E-state index contributed by atoms with van der Waals surface area (Å²) in [6, 6.07) is 35.3. The maximum absolute atomic E-state index is 4.46. The van der Waals surface area contributed by atoms with E-state index < -0.39 is 0 Å². The average molecular weight is 718 g/mol. The van der Waals surface area contributed by atoms with Crippen LogP contribution in [0.1, 0.15) is 46.2 Å². The minimum atomic E-state index is -0.343. The summed E-state index contributed by atoms with van der Waals surface area (Å²) >= 11 is 0. The third-order valence-corrected chi connectivity index (χ3v) is 12.1. The molecule has 0 N–H and O–H groups in total. The van der Waals surface area contributed by atoms with Gasteiger partial charge in [0.1, 0.15) is 7.05 Å². The van der Waals surface area contributed by atoms with Crippen LogP contribution in [-0.2, 0) is 23.7 Å². The third kappa shape index (κ3) is 6.40. The zero-order chi connectivity index (χ0) is 38.7. The van der Waals surface area contributed by atoms with Gasteiger partial charge < -0.3 is 4.90 Å². The molecule has 0 aromatic heterocycles. The molecule has 2 atom stereocenters. The van der Waals surface area contributed by atoms with E-state index in [4.69, 9.17) is 0 Å². The summed E-state index contributed by atoms with van der Waals surface area (Å²) in [5, 5.41) is 4.72. The van der Waals surface area contributed by atoms with E-state index in [1.807, 2.05) is 6.08 Å². The molecule has 2 heteroatoms. The molecule has 274 valence electrons. The van der Waals surface area contributed by atoms with E-state index in [-0.39, 0.29) is 10.8 Å². The number of nitrogens with zero attached hydrogens (tertiary/aromatic N) is 2. The largest absolute Gasteiger partial charge is 0.347 e. The average Bonchev–Trinajstić information content (AvgIpc) is 3.55. The van der Waals surface area contributed by atoms with Crippen molar-refractivity contribution in [2.75, 3.05) is 19.0 Å². The number of anilines is 1. The highest BCUT2D eigenvalue weighted by atomic mass is 15.2. The van der Waals surface area contributed by atoms with E-state index in [0.717, 1.165) is 36.1 Å². The van der Waals surface area contributed by atoms with Gasteiger partial charge >= 0.3 is 0 Å². The molecule has 7 rings (SSSR count). The molecule has 0 saturated carbocycles. The van der Waals surface area contributed by atoms with Crippen LogP contribution in [0.15, 0.2) is 171 Å². The van der Waals surface area contributed by atoms with Crippen molar-refractivity contribution in [3.63, 3.8) is 0 Å². The van der Waals surface area contributed by atoms with Crippen molar-refractivity contribution in [1.29, 1.82) is 0 Å². The fraction of sp³-hybridized carbons (Fsp3) is 0.189. The van der Waals surface area contributed by atoms with Gasteiger partial charge in [0.05, 0.1) is 5.41 Å². The predicted octanol–water partition coefficient (Wildman–Crippen LogP) is 10.8. The Morgan fingerprint density at radius 2 is 1.31 bits per heavy atom. The molecule has 0 fully saturated rings. The van der Waals surface area contributed by atoms with E-state index in [1.54, 1.807) is 0 Å². The molecular weight excluding hydrogens is 665 g/mol. The smallest absolute Gasteiger partial charge is 0.210 e. The van der Waals surface area contributed by atoms with Crippen molar-refractivity contribution in [1.82, 2.24) is 0 Å². The van der Waals surface area contributed by atoms with Crippen molar-refractivity contribution in [3.8, 4) is 0 Å². The minimum absolute atomic E-state index is 0.286. The molecule has 5 aromatic carbocycles. The zero-order valence-electron chi connectivity index (χ0n) is 33.0. The van der Waals surface area contributed by atoms with Crippen molar-refractivity contribution in [2.24, 2.45) is 0 Å². The Balaban J connectivity index is 1.35. The van der Waals surface area contributed by atoms with Gasteiger partial charge in [-0.2, -0.15) is 4.58 Å². The van der Waals surface area contributed by atoms with Crippen LogP contribution in [0.25, 0.3) is 23.4 Å². The number of fused-ring (bicyclic) bond motifs is 4. The molecule has 2 unspecified atom stereocenters. The van der Waals surface area contributed by atoms with Gasteiger partial charge in [-0.25, -0.2) is 0 Å². The van der Waals surface area contributed by atoms with Gasteiger partial charge in [-0.05, 0) is 107 Å². The Morgan fingerprint density at radius 1 is 0.673 bits per heavy atom. The lowest BCUT2D eigenvalue weighted by Gasteiger charge is -2.33. The summed E-state index contributed by atoms with van der Waals surface area (Å²) in [6.45, 7) is 21.6. The van der Waals surface area contributed by atoms with Gasteiger partial charge in [0.25, 0.3) is 0 Å². The highest BCUT2D eigenvalue weighted by Gasteiger charge is 2.50. The summed E-state index contributed by atoms with van der Waals surface area (Å²) in [6.07, 6.45) is 22.8. The number of allylic oxidation sites excluding steroid dienone is 9. The van der Waals surface area contributed by atoms with Gasteiger partial charge in [0.15, 0.2) is 5.71 Å². The molecule has 5 aromatic rings. The first-order chi connectivity index (χ1) is 26.7. The fourth-order valence-electron chi connectivity index (χ4n) is 9.52. The molecule has 55 heavy (non-hydrogen) atoms. The van der Waals surface area contributed by atoms with Crippen molar-refractivity contribution >= 4 is 40.5 Å². The minimum Gasteiger partial charge on any atom is -0.347 e. The number of likely N-dealkylation sites (N-methyl/N-ethyl adjacent to an activating group) is 1. The molecule has 2 aliphatic heterocycles. The molecule has 0 radical (unpaired) electrons. The third-order valence-electron chi connectivity index (χ3n) is 12.1. The van der Waals surface area contributed by atoms with Crippen LogP contribution in [0.3, 0.4) is 0 Å². The summed E-state index contributed by atoms with van der Waals surface area (Å²) < 4.78 is 2.40. The van der Waals surface area contributed by atoms with Gasteiger partial charge in [0, 0.05) is 41.6 Å². The second-order valence-electron chi connectivity index (χ2n) is 15.3. The Morgan fingerprint density at radius 3 is 1.98 bits per heavy atom. The van der Waals surface area contributed by atoms with Crippen LogP contribution in [-0.4, -0.2) is 24.4 Å². The first kappa shape index (κ1) is 37.3. The highest BCUT2D eigenvalue weighted by Crippen LogP contribution is 2.51. The molecular formula is C53H53N2+. The van der Waals surface area contributed by atoms with Crippen LogP contribution in [0.4, 0.5) is 11.4 Å². The Bertz CT molecular complexity index is 2580. The molecule has 2 heterocycles. The second kappa shape index (κ2) is 15.4. The van der Waals surface area contributed by atoms with E-state index >= 15 is 0 Å². The molecule has 0 bridgehead atoms. The number of benzene rings is 5. The first-order valence-electron chi connectivity index (χ1n) is 19.4. The Kier molecular flexibility index (Phi) is 10.5. The van der Waals surface area contributed by atoms with Gasteiger partial charge in [-0.1, -0.05) is 135 Å². The fourth-order valence-corrected chi connectivity index (χ4v) is 9.52. The molecule has 2 aliphatic rings. The molecule has 2 nitrogen and oxygen atoms in total. The van der Waals surface area contributed by atoms with Gasteiger partial charge in [-0.3, -0.25) is 0 Å². The molecule has 0 spiro atoms. The number of aryl methyl sites for hydroxylation is 2. The highest BCUT2D eigenvalue weighted by molar-refractivity contribution is 6.08. The maximum atomic E-state index is 4.46. The SMILES string of the molecule is C=C/C=c1/c2c(ccc1=C)N(C)/C(=C/C=C/C=C/C1=[N+](C)c3ccc4ccccc4c3C1(CC=C)Cc1ccccc1C)C2(CC=C)Cc1ccccc1C. The Hall–Kier alpha value is -5.99. The van der Waals surface area contributed by atoms with Crippen LogP contribution in [0, 0.1) is 13.8 Å². The van der Waals surface area contributed by atoms with Crippen LogP contribution < -0.4 is 15.3 Å². The normalized spacial score (nSPS) is 20.3. The van der Waals surface area contributed by atoms with Gasteiger partial charge in [0.2, 0.25) is 5.69 Å². The number of hydrogen-bond acceptors (Lipinski definition) is 1. The van der Waals surface area contributed by atoms with Crippen LogP contribution in [0.2, 0.25) is 0 Å². The zero-order valence-corrected chi connectivity index (χ0v) is 33.0. The van der Waals surface area contributed by atoms with E-state index in [0.29, 0.717) is 0 Å². The quantitative estimate of drug-likeness (QED) is 0.0707. The van der Waals surface area contributed by atoms with Crippen LogP contribution in [0.5, 0.6) is 0 Å². The number of rotatable bonds is 12. The first-order valence-corrected chi connectivity index (χ1v) is 19.4. The van der Waals surface area contributed by atoms with Crippen molar-refractivity contribution < 1.29 is 4.58 Å². The summed E-state index contributed by atoms with van der Waals surface area (Å²) in [5.74, 6) is 0. The van der Waals surface area contributed by atoms with Crippen LogP contribution >= 0.6 is 0 Å². The lowest BCUT2D eigenvalue weighted by molar-refractivity contribution is -0.401. The Labute approximate surface area is 328 Å². The molecule has 0 amide bonds. The summed E-state index contributed by atoms with van der Waals surface area (Å²) in [4.78, 5) is 2.36. The summed E-state index contributed by atoms with van der Waals surface area (Å²) in [7, 11) is 4.41. The number of hydrogen-bond donors (Lipinski definition) is 0. The molecule has 0 saturated heterocycles. The maximum Gasteiger partial charge on any atom is 0.210 e. The lowest BCUT2D eigenvalue weighted by atomic mass is 9.68. The van der Waals surface area contributed by atoms with E-state index in [9.17, 15) is 0 Å². The monoisotopic (exact) mass is 717 g/mol. The van der Waals surface area contributed by atoms with E-state index in [2.05, 4.69) is 209 Å². The predicted molar refractivity (Wildman–Crippen MR) is 238 cm³/mol. The van der Waals surface area contributed by atoms with Crippen molar-refractivity contribution in [3.05, 3.63) is 215 Å². The lowest BCUT2D eigenvalue weighted by Crippen LogP contribution is -2.38. The molecule has 0 aliphatic carbocycles. The van der Waals surface area contributed by atoms with Gasteiger partial charge in [-0.15, -0.1) is 13.2 Å². The topological polar surface area (TPSA) is 6.25 Å². The summed E-state index contributed by atoms with van der Waals surface area (Å²) in [5.41, 5.74) is 12.3.